The molecule has 0 amide bonds. The van der Waals surface area contributed by atoms with Crippen LogP contribution in [0.3, 0.4) is 0 Å². The number of ether oxygens (including phenoxy) is 1. The highest BCUT2D eigenvalue weighted by atomic mass is 32.1. The van der Waals surface area contributed by atoms with Crippen LogP contribution in [0.15, 0.2) is 48.6 Å². The molecule has 0 aromatic carbocycles. The van der Waals surface area contributed by atoms with Gasteiger partial charge in [-0.05, 0) is 44.2 Å². The Labute approximate surface area is 138 Å². The standard InChI is InChI=1S/C18H16O2S2/c1-4-5-6-14-7-9-16(21-14)17-10-8-15(22-17)12-20-18(19)11-13(2)3/h4,7-11H,1,12H2,2-3H3. The fourth-order valence-corrected chi connectivity index (χ4v) is 3.55. The van der Waals surface area contributed by atoms with Crippen molar-refractivity contribution in [3.63, 3.8) is 0 Å². The van der Waals surface area contributed by atoms with Gasteiger partial charge in [-0.1, -0.05) is 24.0 Å². The van der Waals surface area contributed by atoms with E-state index >= 15 is 0 Å². The summed E-state index contributed by atoms with van der Waals surface area (Å²) in [5, 5.41) is 0. The molecule has 0 radical (unpaired) electrons. The lowest BCUT2D eigenvalue weighted by molar-refractivity contribution is -0.138. The van der Waals surface area contributed by atoms with Crippen molar-refractivity contribution in [3.05, 3.63) is 58.3 Å². The summed E-state index contributed by atoms with van der Waals surface area (Å²) in [6, 6.07) is 8.10. The molecule has 0 spiro atoms. The Balaban J connectivity index is 2.02. The lowest BCUT2D eigenvalue weighted by Crippen LogP contribution is -2.00. The van der Waals surface area contributed by atoms with Gasteiger partial charge in [-0.15, -0.1) is 22.7 Å². The first-order valence-corrected chi connectivity index (χ1v) is 8.35. The second-order valence-electron chi connectivity index (χ2n) is 4.73. The van der Waals surface area contributed by atoms with Gasteiger partial charge < -0.3 is 4.74 Å². The second kappa shape index (κ2) is 7.79. The first-order valence-electron chi connectivity index (χ1n) is 6.71. The van der Waals surface area contributed by atoms with Crippen LogP contribution in [0.25, 0.3) is 9.75 Å². The molecule has 0 aliphatic heterocycles. The molecule has 2 nitrogen and oxygen atoms in total. The van der Waals surface area contributed by atoms with Crippen LogP contribution in [0.1, 0.15) is 23.6 Å². The maximum absolute atomic E-state index is 11.5. The fourth-order valence-electron chi connectivity index (χ4n) is 1.67. The van der Waals surface area contributed by atoms with E-state index in [9.17, 15) is 4.79 Å². The van der Waals surface area contributed by atoms with E-state index in [1.54, 1.807) is 28.7 Å². The first-order chi connectivity index (χ1) is 10.6. The van der Waals surface area contributed by atoms with Crippen molar-refractivity contribution in [1.29, 1.82) is 0 Å². The van der Waals surface area contributed by atoms with Crippen LogP contribution in [-0.2, 0) is 16.1 Å². The molecule has 2 rings (SSSR count). The average Bonchev–Trinajstić information content (AvgIpc) is 3.11. The van der Waals surface area contributed by atoms with Gasteiger partial charge in [-0.3, -0.25) is 0 Å². The third-order valence-corrected chi connectivity index (χ3v) is 4.83. The van der Waals surface area contributed by atoms with Crippen molar-refractivity contribution in [2.45, 2.75) is 20.5 Å². The Kier molecular flexibility index (Phi) is 5.76. The summed E-state index contributed by atoms with van der Waals surface area (Å²) in [7, 11) is 0. The number of rotatable bonds is 4. The average molecular weight is 328 g/mol. The van der Waals surface area contributed by atoms with Gasteiger partial charge in [-0.2, -0.15) is 0 Å². The summed E-state index contributed by atoms with van der Waals surface area (Å²) in [5.74, 6) is 5.58. The van der Waals surface area contributed by atoms with Gasteiger partial charge in [0.25, 0.3) is 0 Å². The highest BCUT2D eigenvalue weighted by Gasteiger charge is 2.07. The molecule has 0 N–H and O–H groups in total. The van der Waals surface area contributed by atoms with Gasteiger partial charge in [0, 0.05) is 20.7 Å². The highest BCUT2D eigenvalue weighted by Crippen LogP contribution is 2.33. The Morgan fingerprint density at radius 1 is 1.23 bits per heavy atom. The molecule has 22 heavy (non-hydrogen) atoms. The SMILES string of the molecule is C=CC#Cc1ccc(-c2ccc(COC(=O)C=C(C)C)s2)s1. The number of thiophene rings is 2. The molecular weight excluding hydrogens is 312 g/mol. The molecule has 0 atom stereocenters. The highest BCUT2D eigenvalue weighted by molar-refractivity contribution is 7.22. The largest absolute Gasteiger partial charge is 0.457 e. The van der Waals surface area contributed by atoms with Gasteiger partial charge in [0.05, 0.1) is 4.88 Å². The normalized spacial score (nSPS) is 9.55. The van der Waals surface area contributed by atoms with Crippen LogP contribution in [-0.4, -0.2) is 5.97 Å². The summed E-state index contributed by atoms with van der Waals surface area (Å²) in [4.78, 5) is 15.9. The Hall–Kier alpha value is -2.09. The summed E-state index contributed by atoms with van der Waals surface area (Å²) >= 11 is 3.27. The summed E-state index contributed by atoms with van der Waals surface area (Å²) < 4.78 is 5.21. The van der Waals surface area contributed by atoms with E-state index in [4.69, 9.17) is 4.74 Å². The zero-order valence-corrected chi connectivity index (χ0v) is 14.1. The quantitative estimate of drug-likeness (QED) is 0.447. The maximum Gasteiger partial charge on any atom is 0.331 e. The van der Waals surface area contributed by atoms with Crippen LogP contribution in [0, 0.1) is 11.8 Å². The molecule has 0 aliphatic carbocycles. The van der Waals surface area contributed by atoms with Crippen molar-refractivity contribution >= 4 is 28.6 Å². The number of carbonyl (C=O) groups excluding carboxylic acids is 1. The molecule has 0 saturated heterocycles. The van der Waals surface area contributed by atoms with Crippen LogP contribution >= 0.6 is 22.7 Å². The zero-order valence-electron chi connectivity index (χ0n) is 12.5. The third kappa shape index (κ3) is 4.73. The number of esters is 1. The van der Waals surface area contributed by atoms with Gasteiger partial charge in [0.1, 0.15) is 6.61 Å². The van der Waals surface area contributed by atoms with Crippen molar-refractivity contribution in [2.75, 3.05) is 0 Å². The Morgan fingerprint density at radius 3 is 2.68 bits per heavy atom. The molecule has 0 aliphatic rings. The number of carbonyl (C=O) groups is 1. The minimum atomic E-state index is -0.298. The van der Waals surface area contributed by atoms with E-state index in [-0.39, 0.29) is 5.97 Å². The predicted octanol–water partition coefficient (Wildman–Crippen LogP) is 5.02. The van der Waals surface area contributed by atoms with Gasteiger partial charge in [0.2, 0.25) is 0 Å². The zero-order chi connectivity index (χ0) is 15.9. The number of allylic oxidation sites excluding steroid dienone is 2. The molecule has 0 saturated carbocycles. The molecule has 2 aromatic rings. The molecule has 2 aromatic heterocycles. The Morgan fingerprint density at radius 2 is 1.95 bits per heavy atom. The van der Waals surface area contributed by atoms with E-state index in [2.05, 4.69) is 24.5 Å². The summed E-state index contributed by atoms with van der Waals surface area (Å²) in [6.07, 6.45) is 3.09. The smallest absolute Gasteiger partial charge is 0.331 e. The monoisotopic (exact) mass is 328 g/mol. The fraction of sp³-hybridized carbons (Fsp3) is 0.167. The number of hydrogen-bond acceptors (Lipinski definition) is 4. The Bertz CT molecular complexity index is 762. The van der Waals surface area contributed by atoms with E-state index in [0.29, 0.717) is 6.61 Å². The van der Waals surface area contributed by atoms with Crippen molar-refractivity contribution in [2.24, 2.45) is 0 Å². The van der Waals surface area contributed by atoms with Crippen LogP contribution in [0.2, 0.25) is 0 Å². The van der Waals surface area contributed by atoms with Crippen molar-refractivity contribution in [3.8, 4) is 21.6 Å². The maximum atomic E-state index is 11.5. The van der Waals surface area contributed by atoms with E-state index in [1.807, 2.05) is 32.0 Å². The molecule has 4 heteroatoms. The van der Waals surface area contributed by atoms with Crippen LogP contribution < -0.4 is 0 Å². The lowest BCUT2D eigenvalue weighted by atomic mass is 10.3. The molecule has 0 bridgehead atoms. The first kappa shape index (κ1) is 16.3. The summed E-state index contributed by atoms with van der Waals surface area (Å²) in [5.41, 5.74) is 0.934. The van der Waals surface area contributed by atoms with Gasteiger partial charge in [0.15, 0.2) is 0 Å². The number of hydrogen-bond donors (Lipinski definition) is 0. The topological polar surface area (TPSA) is 26.3 Å². The molecule has 0 unspecified atom stereocenters. The lowest BCUT2D eigenvalue weighted by Gasteiger charge is -1.99. The molecular formula is C18H16O2S2. The van der Waals surface area contributed by atoms with Crippen molar-refractivity contribution < 1.29 is 9.53 Å². The van der Waals surface area contributed by atoms with E-state index in [0.717, 1.165) is 20.2 Å². The van der Waals surface area contributed by atoms with Gasteiger partial charge in [-0.25, -0.2) is 4.79 Å². The van der Waals surface area contributed by atoms with Crippen molar-refractivity contribution in [1.82, 2.24) is 0 Å². The predicted molar refractivity (Wildman–Crippen MR) is 93.9 cm³/mol. The summed E-state index contributed by atoms with van der Waals surface area (Å²) in [6.45, 7) is 7.63. The third-order valence-electron chi connectivity index (χ3n) is 2.57. The molecule has 0 fully saturated rings. The van der Waals surface area contributed by atoms with E-state index < -0.39 is 0 Å². The minimum absolute atomic E-state index is 0.298. The molecule has 2 heterocycles. The minimum Gasteiger partial charge on any atom is -0.457 e. The molecule has 112 valence electrons. The second-order valence-corrected chi connectivity index (χ2v) is 6.98. The van der Waals surface area contributed by atoms with Crippen LogP contribution in [0.5, 0.6) is 0 Å². The van der Waals surface area contributed by atoms with Crippen LogP contribution in [0.4, 0.5) is 0 Å². The van der Waals surface area contributed by atoms with E-state index in [1.165, 1.54) is 11.0 Å². The van der Waals surface area contributed by atoms with Gasteiger partial charge >= 0.3 is 5.97 Å².